The van der Waals surface area contributed by atoms with Crippen LogP contribution in [-0.2, 0) is 4.79 Å². The number of para-hydroxylation sites is 1. The predicted molar refractivity (Wildman–Crippen MR) is 71.9 cm³/mol. The Morgan fingerprint density at radius 2 is 1.95 bits per heavy atom. The summed E-state index contributed by atoms with van der Waals surface area (Å²) in [7, 11) is 0. The van der Waals surface area contributed by atoms with Gasteiger partial charge in [0.05, 0.1) is 10.7 Å². The summed E-state index contributed by atoms with van der Waals surface area (Å²) in [6, 6.07) is 9.53. The lowest BCUT2D eigenvalue weighted by Gasteiger charge is -2.09. The molecule has 0 saturated heterocycles. The summed E-state index contributed by atoms with van der Waals surface area (Å²) in [6.45, 7) is -0.333. The molecule has 0 unspecified atom stereocenters. The molecule has 0 bridgehead atoms. The van der Waals surface area contributed by atoms with Gasteiger partial charge in [-0.3, -0.25) is 4.79 Å². The molecule has 20 heavy (non-hydrogen) atoms. The van der Waals surface area contributed by atoms with Crippen molar-refractivity contribution in [2.24, 2.45) is 0 Å². The molecular weight excluding hydrogens is 288 g/mol. The Hall–Kier alpha value is -2.14. The van der Waals surface area contributed by atoms with Gasteiger partial charge in [-0.25, -0.2) is 8.78 Å². The zero-order chi connectivity index (χ0) is 14.5. The van der Waals surface area contributed by atoms with Gasteiger partial charge < -0.3 is 10.1 Å². The molecule has 0 aliphatic heterocycles. The third kappa shape index (κ3) is 3.68. The van der Waals surface area contributed by atoms with Crippen LogP contribution in [0.2, 0.25) is 5.02 Å². The highest BCUT2D eigenvalue weighted by molar-refractivity contribution is 6.32. The van der Waals surface area contributed by atoms with E-state index < -0.39 is 17.5 Å². The minimum atomic E-state index is -0.851. The van der Waals surface area contributed by atoms with Gasteiger partial charge in [0.15, 0.2) is 6.61 Å². The molecule has 6 heteroatoms. The Labute approximate surface area is 119 Å². The SMILES string of the molecule is O=C(COc1ccccc1Cl)Nc1ccc(F)cc1F. The number of hydrogen-bond acceptors (Lipinski definition) is 2. The van der Waals surface area contributed by atoms with E-state index in [-0.39, 0.29) is 12.3 Å². The molecule has 104 valence electrons. The fourth-order valence-electron chi connectivity index (χ4n) is 1.48. The van der Waals surface area contributed by atoms with Crippen LogP contribution < -0.4 is 10.1 Å². The highest BCUT2D eigenvalue weighted by atomic mass is 35.5. The lowest BCUT2D eigenvalue weighted by Crippen LogP contribution is -2.20. The molecule has 0 radical (unpaired) electrons. The van der Waals surface area contributed by atoms with Gasteiger partial charge >= 0.3 is 0 Å². The van der Waals surface area contributed by atoms with Gasteiger partial charge in [-0.15, -0.1) is 0 Å². The van der Waals surface area contributed by atoms with Crippen molar-refractivity contribution >= 4 is 23.2 Å². The minimum Gasteiger partial charge on any atom is -0.482 e. The maximum atomic E-state index is 13.3. The zero-order valence-electron chi connectivity index (χ0n) is 10.2. The topological polar surface area (TPSA) is 38.3 Å². The van der Waals surface area contributed by atoms with Crippen LogP contribution in [0.5, 0.6) is 5.75 Å². The van der Waals surface area contributed by atoms with E-state index in [1.807, 2.05) is 0 Å². The first-order valence-corrected chi connectivity index (χ1v) is 6.06. The van der Waals surface area contributed by atoms with Crippen molar-refractivity contribution in [3.8, 4) is 5.75 Å². The number of anilines is 1. The van der Waals surface area contributed by atoms with Crippen molar-refractivity contribution in [2.75, 3.05) is 11.9 Å². The molecule has 2 rings (SSSR count). The monoisotopic (exact) mass is 297 g/mol. The number of benzene rings is 2. The number of hydrogen-bond donors (Lipinski definition) is 1. The summed E-state index contributed by atoms with van der Waals surface area (Å²) in [5, 5.41) is 2.65. The Kier molecular flexibility index (Phi) is 4.53. The maximum absolute atomic E-state index is 13.3. The van der Waals surface area contributed by atoms with Crippen molar-refractivity contribution in [3.05, 3.63) is 59.1 Å². The second-order valence-corrected chi connectivity index (χ2v) is 4.30. The van der Waals surface area contributed by atoms with Crippen molar-refractivity contribution in [1.82, 2.24) is 0 Å². The molecule has 0 aliphatic carbocycles. The summed E-state index contributed by atoms with van der Waals surface area (Å²) >= 11 is 5.85. The van der Waals surface area contributed by atoms with E-state index in [1.54, 1.807) is 24.3 Å². The molecule has 0 atom stereocenters. The van der Waals surface area contributed by atoms with Gasteiger partial charge in [0.25, 0.3) is 5.91 Å². The fraction of sp³-hybridized carbons (Fsp3) is 0.0714. The summed E-state index contributed by atoms with van der Waals surface area (Å²) in [5.41, 5.74) is -0.112. The van der Waals surface area contributed by atoms with Crippen molar-refractivity contribution in [1.29, 1.82) is 0 Å². The lowest BCUT2D eigenvalue weighted by atomic mass is 10.3. The smallest absolute Gasteiger partial charge is 0.262 e. The number of nitrogens with one attached hydrogen (secondary N) is 1. The molecule has 2 aromatic carbocycles. The molecule has 0 heterocycles. The van der Waals surface area contributed by atoms with Crippen molar-refractivity contribution in [2.45, 2.75) is 0 Å². The standard InChI is InChI=1S/C14H10ClF2NO2/c15-10-3-1-2-4-13(10)20-8-14(19)18-12-6-5-9(16)7-11(12)17/h1-7H,8H2,(H,18,19). The zero-order valence-corrected chi connectivity index (χ0v) is 11.0. The Balaban J connectivity index is 1.94. The molecule has 0 aliphatic rings. The van der Waals surface area contributed by atoms with Gasteiger partial charge in [0, 0.05) is 6.07 Å². The summed E-state index contributed by atoms with van der Waals surface area (Å²) in [6.07, 6.45) is 0. The summed E-state index contributed by atoms with van der Waals surface area (Å²) in [4.78, 5) is 11.6. The van der Waals surface area contributed by atoms with Gasteiger partial charge in [-0.2, -0.15) is 0 Å². The number of carbonyl (C=O) groups excluding carboxylic acids is 1. The Morgan fingerprint density at radius 3 is 2.65 bits per heavy atom. The molecule has 0 saturated carbocycles. The van der Waals surface area contributed by atoms with Crippen molar-refractivity contribution < 1.29 is 18.3 Å². The second kappa shape index (κ2) is 6.34. The second-order valence-electron chi connectivity index (χ2n) is 3.89. The van der Waals surface area contributed by atoms with Gasteiger partial charge in [0.1, 0.15) is 17.4 Å². The van der Waals surface area contributed by atoms with E-state index in [2.05, 4.69) is 5.32 Å². The average Bonchev–Trinajstić information content (AvgIpc) is 2.41. The third-order valence-electron chi connectivity index (χ3n) is 2.40. The van der Waals surface area contributed by atoms with Gasteiger partial charge in [-0.05, 0) is 24.3 Å². The summed E-state index contributed by atoms with van der Waals surface area (Å²) in [5.74, 6) is -1.79. The first kappa shape index (κ1) is 14.3. The maximum Gasteiger partial charge on any atom is 0.262 e. The molecule has 0 spiro atoms. The van der Waals surface area contributed by atoms with E-state index in [0.717, 1.165) is 12.1 Å². The Bertz CT molecular complexity index is 634. The molecule has 1 amide bonds. The number of halogens is 3. The van der Waals surface area contributed by atoms with Crippen LogP contribution in [-0.4, -0.2) is 12.5 Å². The molecular formula is C14H10ClF2NO2. The quantitative estimate of drug-likeness (QED) is 0.936. The molecule has 1 N–H and O–H groups in total. The molecule has 0 fully saturated rings. The van der Waals surface area contributed by atoms with E-state index in [0.29, 0.717) is 16.8 Å². The number of rotatable bonds is 4. The van der Waals surface area contributed by atoms with E-state index in [9.17, 15) is 13.6 Å². The van der Waals surface area contributed by atoms with Crippen LogP contribution in [0, 0.1) is 11.6 Å². The van der Waals surface area contributed by atoms with Crippen LogP contribution in [0.4, 0.5) is 14.5 Å². The molecule has 0 aromatic heterocycles. The van der Waals surface area contributed by atoms with E-state index >= 15 is 0 Å². The van der Waals surface area contributed by atoms with Gasteiger partial charge in [-0.1, -0.05) is 23.7 Å². The van der Waals surface area contributed by atoms with E-state index in [4.69, 9.17) is 16.3 Å². The van der Waals surface area contributed by atoms with Gasteiger partial charge in [0.2, 0.25) is 0 Å². The third-order valence-corrected chi connectivity index (χ3v) is 2.71. The highest BCUT2D eigenvalue weighted by Gasteiger charge is 2.09. The Morgan fingerprint density at radius 1 is 1.20 bits per heavy atom. The minimum absolute atomic E-state index is 0.112. The number of amides is 1. The van der Waals surface area contributed by atoms with Crippen LogP contribution in [0.3, 0.4) is 0 Å². The van der Waals surface area contributed by atoms with Crippen molar-refractivity contribution in [3.63, 3.8) is 0 Å². The normalized spacial score (nSPS) is 10.2. The van der Waals surface area contributed by atoms with Crippen LogP contribution in [0.15, 0.2) is 42.5 Å². The molecule has 3 nitrogen and oxygen atoms in total. The predicted octanol–water partition coefficient (Wildman–Crippen LogP) is 3.64. The number of carbonyl (C=O) groups is 1. The highest BCUT2D eigenvalue weighted by Crippen LogP contribution is 2.23. The van der Waals surface area contributed by atoms with Crippen LogP contribution in [0.25, 0.3) is 0 Å². The van der Waals surface area contributed by atoms with Crippen LogP contribution in [0.1, 0.15) is 0 Å². The largest absolute Gasteiger partial charge is 0.482 e. The van der Waals surface area contributed by atoms with E-state index in [1.165, 1.54) is 0 Å². The van der Waals surface area contributed by atoms with Crippen LogP contribution >= 0.6 is 11.6 Å². The lowest BCUT2D eigenvalue weighted by molar-refractivity contribution is -0.118. The molecule has 2 aromatic rings. The average molecular weight is 298 g/mol. The first-order chi connectivity index (χ1) is 9.56. The number of ether oxygens (including phenoxy) is 1. The first-order valence-electron chi connectivity index (χ1n) is 5.68. The summed E-state index contributed by atoms with van der Waals surface area (Å²) < 4.78 is 31.2. The fourth-order valence-corrected chi connectivity index (χ4v) is 1.67.